The lowest BCUT2D eigenvalue weighted by atomic mass is 10.1. The van der Waals surface area contributed by atoms with Crippen molar-refractivity contribution in [2.24, 2.45) is 0 Å². The fraction of sp³-hybridized carbons (Fsp3) is 0.381. The molecule has 0 aliphatic rings. The van der Waals surface area contributed by atoms with Gasteiger partial charge in [0.2, 0.25) is 0 Å². The molecule has 156 valence electrons. The zero-order valence-corrected chi connectivity index (χ0v) is 18.0. The van der Waals surface area contributed by atoms with E-state index in [1.165, 1.54) is 0 Å². The van der Waals surface area contributed by atoms with E-state index in [4.69, 9.17) is 14.2 Å². The topological polar surface area (TPSA) is 90.9 Å². The van der Waals surface area contributed by atoms with Gasteiger partial charge < -0.3 is 19.5 Å². The van der Waals surface area contributed by atoms with Crippen molar-refractivity contribution in [3.63, 3.8) is 0 Å². The first-order valence-corrected chi connectivity index (χ1v) is 10.1. The van der Waals surface area contributed by atoms with Gasteiger partial charge >= 0.3 is 11.9 Å². The first-order chi connectivity index (χ1) is 13.8. The third-order valence-electron chi connectivity index (χ3n) is 4.03. The predicted molar refractivity (Wildman–Crippen MR) is 111 cm³/mol. The third-order valence-corrected chi connectivity index (χ3v) is 5.22. The number of esters is 2. The van der Waals surface area contributed by atoms with Gasteiger partial charge in [0.25, 0.3) is 5.91 Å². The number of hydrogen-bond donors (Lipinski definition) is 1. The van der Waals surface area contributed by atoms with Crippen LogP contribution in [0.5, 0.6) is 5.75 Å². The van der Waals surface area contributed by atoms with Gasteiger partial charge in [-0.1, -0.05) is 17.7 Å². The maximum Gasteiger partial charge on any atom is 0.348 e. The number of nitrogens with one attached hydrogen (secondary N) is 1. The van der Waals surface area contributed by atoms with Gasteiger partial charge in [-0.2, -0.15) is 0 Å². The van der Waals surface area contributed by atoms with Crippen molar-refractivity contribution in [2.75, 3.05) is 25.1 Å². The predicted octanol–water partition coefficient (Wildman–Crippen LogP) is 4.04. The lowest BCUT2D eigenvalue weighted by Gasteiger charge is -2.10. The van der Waals surface area contributed by atoms with Gasteiger partial charge in [-0.15, -0.1) is 11.3 Å². The lowest BCUT2D eigenvalue weighted by Crippen LogP contribution is -2.21. The Labute approximate surface area is 174 Å². The van der Waals surface area contributed by atoms with Crippen molar-refractivity contribution >= 4 is 34.2 Å². The van der Waals surface area contributed by atoms with E-state index in [2.05, 4.69) is 5.32 Å². The van der Waals surface area contributed by atoms with E-state index in [1.807, 2.05) is 26.0 Å². The summed E-state index contributed by atoms with van der Waals surface area (Å²) in [6.45, 7) is 9.01. The minimum Gasteiger partial charge on any atom is -0.483 e. The molecule has 0 aliphatic carbocycles. The fourth-order valence-corrected chi connectivity index (χ4v) is 3.81. The zero-order chi connectivity index (χ0) is 21.6. The average Bonchev–Trinajstić information content (AvgIpc) is 2.97. The van der Waals surface area contributed by atoms with Crippen LogP contribution in [-0.4, -0.2) is 37.7 Å². The van der Waals surface area contributed by atoms with E-state index >= 15 is 0 Å². The van der Waals surface area contributed by atoms with E-state index in [-0.39, 0.29) is 35.3 Å². The van der Waals surface area contributed by atoms with Crippen LogP contribution in [0.2, 0.25) is 0 Å². The maximum atomic E-state index is 12.4. The molecule has 0 unspecified atom stereocenters. The number of carbonyl (C=O) groups excluding carboxylic acids is 3. The SMILES string of the molecule is CCOC(=O)c1sc(NC(=O)COc2ccc(C)cc2C)c(C(=O)OCC)c1C. The highest BCUT2D eigenvalue weighted by Crippen LogP contribution is 2.34. The van der Waals surface area contributed by atoms with Crippen molar-refractivity contribution in [2.45, 2.75) is 34.6 Å². The largest absolute Gasteiger partial charge is 0.483 e. The molecule has 1 aromatic heterocycles. The summed E-state index contributed by atoms with van der Waals surface area (Å²) in [6, 6.07) is 5.66. The van der Waals surface area contributed by atoms with Crippen LogP contribution in [0.3, 0.4) is 0 Å². The van der Waals surface area contributed by atoms with Gasteiger partial charge in [0.1, 0.15) is 15.6 Å². The Morgan fingerprint density at radius 2 is 1.66 bits per heavy atom. The lowest BCUT2D eigenvalue weighted by molar-refractivity contribution is -0.118. The summed E-state index contributed by atoms with van der Waals surface area (Å²) in [5.74, 6) is -1.01. The second kappa shape index (κ2) is 10.1. The average molecular weight is 419 g/mol. The molecule has 7 nitrogen and oxygen atoms in total. The molecule has 0 saturated carbocycles. The molecule has 8 heteroatoms. The molecule has 29 heavy (non-hydrogen) atoms. The number of benzene rings is 1. The van der Waals surface area contributed by atoms with Crippen molar-refractivity contribution in [3.05, 3.63) is 45.3 Å². The van der Waals surface area contributed by atoms with E-state index in [1.54, 1.807) is 26.8 Å². The maximum absolute atomic E-state index is 12.4. The molecule has 0 atom stereocenters. The first-order valence-electron chi connectivity index (χ1n) is 9.25. The van der Waals surface area contributed by atoms with Gasteiger partial charge in [-0.25, -0.2) is 9.59 Å². The van der Waals surface area contributed by atoms with Crippen molar-refractivity contribution in [1.29, 1.82) is 0 Å². The molecule has 0 spiro atoms. The molecule has 1 heterocycles. The van der Waals surface area contributed by atoms with Crippen LogP contribution >= 0.6 is 11.3 Å². The molecule has 2 aromatic rings. The second-order valence-electron chi connectivity index (χ2n) is 6.31. The highest BCUT2D eigenvalue weighted by Gasteiger charge is 2.27. The summed E-state index contributed by atoms with van der Waals surface area (Å²) >= 11 is 0.981. The van der Waals surface area contributed by atoms with Gasteiger partial charge in [0.15, 0.2) is 6.61 Å². The summed E-state index contributed by atoms with van der Waals surface area (Å²) in [5, 5.41) is 2.89. The Kier molecular flexibility index (Phi) is 7.78. The Hall–Kier alpha value is -2.87. The molecule has 0 saturated heterocycles. The zero-order valence-electron chi connectivity index (χ0n) is 17.2. The highest BCUT2D eigenvalue weighted by molar-refractivity contribution is 7.18. The smallest absolute Gasteiger partial charge is 0.348 e. The highest BCUT2D eigenvalue weighted by atomic mass is 32.1. The molecule has 1 amide bonds. The number of carbonyl (C=O) groups is 3. The van der Waals surface area contributed by atoms with Crippen molar-refractivity contribution in [1.82, 2.24) is 0 Å². The van der Waals surface area contributed by atoms with Gasteiger partial charge in [0.05, 0.1) is 18.8 Å². The number of anilines is 1. The number of ether oxygens (including phenoxy) is 3. The number of hydrogen-bond acceptors (Lipinski definition) is 7. The fourth-order valence-electron chi connectivity index (χ4n) is 2.71. The molecule has 2 rings (SSSR count). The number of aryl methyl sites for hydroxylation is 2. The molecule has 1 N–H and O–H groups in total. The van der Waals surface area contributed by atoms with Crippen LogP contribution in [0.25, 0.3) is 0 Å². The monoisotopic (exact) mass is 419 g/mol. The Morgan fingerprint density at radius 1 is 1.00 bits per heavy atom. The molecule has 0 fully saturated rings. The summed E-state index contributed by atoms with van der Waals surface area (Å²) in [5.41, 5.74) is 2.58. The summed E-state index contributed by atoms with van der Waals surface area (Å²) < 4.78 is 15.7. The van der Waals surface area contributed by atoms with Crippen molar-refractivity contribution in [3.8, 4) is 5.75 Å². The number of rotatable bonds is 8. The minimum atomic E-state index is -0.609. The third kappa shape index (κ3) is 5.57. The van der Waals surface area contributed by atoms with E-state index in [0.29, 0.717) is 11.3 Å². The summed E-state index contributed by atoms with van der Waals surface area (Å²) in [4.78, 5) is 37.2. The number of thiophene rings is 1. The molecule has 0 radical (unpaired) electrons. The molecular weight excluding hydrogens is 394 g/mol. The van der Waals surface area contributed by atoms with E-state index in [0.717, 1.165) is 22.5 Å². The van der Waals surface area contributed by atoms with Crippen molar-refractivity contribution < 1.29 is 28.6 Å². The first kappa shape index (κ1) is 22.4. The number of amides is 1. The van der Waals surface area contributed by atoms with Crippen LogP contribution in [0.4, 0.5) is 5.00 Å². The van der Waals surface area contributed by atoms with E-state index < -0.39 is 17.8 Å². The van der Waals surface area contributed by atoms with Crippen LogP contribution in [0, 0.1) is 20.8 Å². The van der Waals surface area contributed by atoms with Gasteiger partial charge in [-0.05, 0) is 51.8 Å². The van der Waals surface area contributed by atoms with Gasteiger partial charge in [0, 0.05) is 0 Å². The normalized spacial score (nSPS) is 10.4. The quantitative estimate of drug-likeness (QED) is 0.649. The Bertz CT molecular complexity index is 918. The van der Waals surface area contributed by atoms with E-state index in [9.17, 15) is 14.4 Å². The molecule has 0 aliphatic heterocycles. The minimum absolute atomic E-state index is 0.153. The molecule has 1 aromatic carbocycles. The molecular formula is C21H25NO6S. The second-order valence-corrected chi connectivity index (χ2v) is 7.33. The summed E-state index contributed by atoms with van der Waals surface area (Å²) in [7, 11) is 0. The van der Waals surface area contributed by atoms with Gasteiger partial charge in [-0.3, -0.25) is 4.79 Å². The van der Waals surface area contributed by atoms with Crippen LogP contribution in [0.1, 0.15) is 50.6 Å². The summed E-state index contributed by atoms with van der Waals surface area (Å²) in [6.07, 6.45) is 0. The van der Waals surface area contributed by atoms with Crippen LogP contribution < -0.4 is 10.1 Å². The Morgan fingerprint density at radius 3 is 2.28 bits per heavy atom. The standard InChI is InChI=1S/C21H25NO6S/c1-6-26-20(24)17-14(5)18(21(25)27-7-2)29-19(17)22-16(23)11-28-15-9-8-12(3)10-13(15)4/h8-10H,6-7,11H2,1-5H3,(H,22,23). The Balaban J connectivity index is 2.20. The van der Waals surface area contributed by atoms with Crippen LogP contribution in [0.15, 0.2) is 18.2 Å². The molecule has 0 bridgehead atoms. The van der Waals surface area contributed by atoms with Crippen LogP contribution in [-0.2, 0) is 14.3 Å².